The molecule has 1 aliphatic heterocycles. The van der Waals surface area contributed by atoms with Crippen molar-refractivity contribution in [2.24, 2.45) is 0 Å². The van der Waals surface area contributed by atoms with Crippen LogP contribution in [-0.4, -0.2) is 10.2 Å². The van der Waals surface area contributed by atoms with Crippen LogP contribution in [0.15, 0.2) is 179 Å². The van der Waals surface area contributed by atoms with E-state index in [1.807, 2.05) is 24.0 Å². The van der Waals surface area contributed by atoms with E-state index in [1.165, 1.54) is 43.5 Å². The van der Waals surface area contributed by atoms with E-state index in [1.54, 1.807) is 6.20 Å². The first kappa shape index (κ1) is 28.2. The molecule has 8 aromatic rings. The van der Waals surface area contributed by atoms with Gasteiger partial charge in [-0.1, -0.05) is 109 Å². The molecule has 2 aliphatic rings. The molecule has 2 unspecified atom stereocenters. The fourth-order valence-corrected chi connectivity index (χ4v) is 8.93. The molecule has 2 atom stereocenters. The summed E-state index contributed by atoms with van der Waals surface area (Å²) in [4.78, 5) is 8.04. The third kappa shape index (κ3) is 4.71. The number of para-hydroxylation sites is 1. The molecule has 0 saturated carbocycles. The van der Waals surface area contributed by atoms with Crippen molar-refractivity contribution in [1.29, 1.82) is 0 Å². The fourth-order valence-electron chi connectivity index (χ4n) is 7.56. The second-order valence-electron chi connectivity index (χ2n) is 12.7. The number of aromatic nitrogens is 1. The lowest BCUT2D eigenvalue weighted by atomic mass is 9.92. The molecule has 6 aromatic carbocycles. The molecule has 0 radical (unpaired) electrons. The van der Waals surface area contributed by atoms with Gasteiger partial charge >= 0.3 is 0 Å². The van der Waals surface area contributed by atoms with Gasteiger partial charge in [-0.2, -0.15) is 0 Å². The minimum absolute atomic E-state index is 0.434. The van der Waals surface area contributed by atoms with Gasteiger partial charge in [0.25, 0.3) is 0 Å². The van der Waals surface area contributed by atoms with Gasteiger partial charge in [-0.25, -0.2) is 0 Å². The normalized spacial score (nSPS) is 16.3. The molecule has 3 nitrogen and oxygen atoms in total. The monoisotopic (exact) mass is 646 g/mol. The molecule has 4 heteroatoms. The Morgan fingerprint density at radius 3 is 2.33 bits per heavy atom. The van der Waals surface area contributed by atoms with Crippen LogP contribution < -0.4 is 4.90 Å². The summed E-state index contributed by atoms with van der Waals surface area (Å²) >= 11 is 1.97. The van der Waals surface area contributed by atoms with Gasteiger partial charge < -0.3 is 9.32 Å². The fraction of sp³-hybridized carbons (Fsp3) is 0.0444. The zero-order valence-corrected chi connectivity index (χ0v) is 27.3. The Labute approximate surface area is 288 Å². The minimum atomic E-state index is 0.434. The predicted octanol–water partition coefficient (Wildman–Crippen LogP) is 12.6. The van der Waals surface area contributed by atoms with E-state index in [-0.39, 0.29) is 0 Å². The maximum Gasteiger partial charge on any atom is 0.153 e. The van der Waals surface area contributed by atoms with Gasteiger partial charge in [0, 0.05) is 50.0 Å². The molecule has 1 aliphatic carbocycles. The molecule has 10 rings (SSSR count). The molecule has 49 heavy (non-hydrogen) atoms. The third-order valence-electron chi connectivity index (χ3n) is 9.91. The summed E-state index contributed by atoms with van der Waals surface area (Å²) in [5, 5.41) is 5.06. The number of furan rings is 1. The Kier molecular flexibility index (Phi) is 6.56. The van der Waals surface area contributed by atoms with Gasteiger partial charge in [0.05, 0.1) is 11.9 Å². The van der Waals surface area contributed by atoms with Gasteiger partial charge in [-0.15, -0.1) is 11.8 Å². The highest BCUT2D eigenvalue weighted by Crippen LogP contribution is 2.51. The molecule has 0 fully saturated rings. The Balaban J connectivity index is 1.10. The molecule has 0 bridgehead atoms. The molecule has 3 heterocycles. The summed E-state index contributed by atoms with van der Waals surface area (Å²) in [5.74, 6) is 0.434. The zero-order valence-electron chi connectivity index (χ0n) is 26.5. The Hall–Kier alpha value is -5.84. The molecule has 232 valence electrons. The van der Waals surface area contributed by atoms with E-state index in [4.69, 9.17) is 4.42 Å². The molecular weight excluding hydrogens is 617 g/mol. The van der Waals surface area contributed by atoms with Crippen molar-refractivity contribution >= 4 is 61.5 Å². The smallest absolute Gasteiger partial charge is 0.153 e. The number of thioether (sulfide) groups is 1. The highest BCUT2D eigenvalue weighted by molar-refractivity contribution is 8.00. The van der Waals surface area contributed by atoms with Crippen molar-refractivity contribution in [3.63, 3.8) is 0 Å². The summed E-state index contributed by atoms with van der Waals surface area (Å²) in [5.41, 5.74) is 11.3. The summed E-state index contributed by atoms with van der Waals surface area (Å²) in [6.07, 6.45) is 12.7. The highest BCUT2D eigenvalue weighted by Gasteiger charge is 2.32. The molecule has 0 spiro atoms. The molecular formula is C45H30N2OS. The van der Waals surface area contributed by atoms with E-state index >= 15 is 0 Å². The van der Waals surface area contributed by atoms with Crippen LogP contribution in [0.2, 0.25) is 0 Å². The van der Waals surface area contributed by atoms with Crippen LogP contribution in [0.3, 0.4) is 0 Å². The maximum absolute atomic E-state index is 6.15. The number of fused-ring (bicyclic) bond motifs is 8. The van der Waals surface area contributed by atoms with Crippen molar-refractivity contribution < 1.29 is 4.42 Å². The van der Waals surface area contributed by atoms with Gasteiger partial charge in [0.2, 0.25) is 0 Å². The second kappa shape index (κ2) is 11.4. The van der Waals surface area contributed by atoms with E-state index in [0.29, 0.717) is 11.2 Å². The van der Waals surface area contributed by atoms with E-state index in [2.05, 4.69) is 162 Å². The zero-order chi connectivity index (χ0) is 32.3. The summed E-state index contributed by atoms with van der Waals surface area (Å²) < 4.78 is 6.15. The van der Waals surface area contributed by atoms with E-state index < -0.39 is 0 Å². The first-order valence-corrected chi connectivity index (χ1v) is 17.6. The number of nitrogens with zero attached hydrogens (tertiary/aromatic N) is 2. The average Bonchev–Trinajstić information content (AvgIpc) is 3.74. The van der Waals surface area contributed by atoms with Crippen LogP contribution in [0.25, 0.3) is 55.0 Å². The lowest BCUT2D eigenvalue weighted by Crippen LogP contribution is -2.11. The molecule has 0 N–H and O–H groups in total. The van der Waals surface area contributed by atoms with Crippen molar-refractivity contribution in [1.82, 2.24) is 4.98 Å². The number of rotatable bonds is 5. The lowest BCUT2D eigenvalue weighted by molar-refractivity contribution is 0.667. The number of pyridine rings is 1. The van der Waals surface area contributed by atoms with Crippen LogP contribution in [0, 0.1) is 0 Å². The van der Waals surface area contributed by atoms with Gasteiger partial charge in [0.15, 0.2) is 5.58 Å². The van der Waals surface area contributed by atoms with Gasteiger partial charge in [-0.3, -0.25) is 4.98 Å². The first-order chi connectivity index (χ1) is 24.3. The third-order valence-corrected chi connectivity index (χ3v) is 11.2. The largest absolute Gasteiger partial charge is 0.454 e. The van der Waals surface area contributed by atoms with Gasteiger partial charge in [0.1, 0.15) is 5.58 Å². The summed E-state index contributed by atoms with van der Waals surface area (Å²) in [6.45, 7) is 0. The summed E-state index contributed by atoms with van der Waals surface area (Å²) in [7, 11) is 0. The topological polar surface area (TPSA) is 29.3 Å². The maximum atomic E-state index is 6.15. The van der Waals surface area contributed by atoms with Crippen LogP contribution in [-0.2, 0) is 0 Å². The number of anilines is 3. The SMILES string of the molecule is C1=CC2Sc3cc(N(c4ccc(-c5ccc6ccc7oc8cnccc8c7c6c5)cc4)c4ccccc4-c4ccccc4)ccc3C2C=C1. The van der Waals surface area contributed by atoms with Crippen LogP contribution in [0.1, 0.15) is 11.5 Å². The predicted molar refractivity (Wildman–Crippen MR) is 205 cm³/mol. The van der Waals surface area contributed by atoms with Gasteiger partial charge in [-0.05, 0) is 81.6 Å². The van der Waals surface area contributed by atoms with Crippen LogP contribution in [0.5, 0.6) is 0 Å². The Morgan fingerprint density at radius 2 is 1.41 bits per heavy atom. The number of hydrogen-bond donors (Lipinski definition) is 0. The number of hydrogen-bond acceptors (Lipinski definition) is 4. The quantitative estimate of drug-likeness (QED) is 0.186. The van der Waals surface area contributed by atoms with Crippen molar-refractivity contribution in [3.8, 4) is 22.3 Å². The molecule has 0 amide bonds. The van der Waals surface area contributed by atoms with E-state index in [9.17, 15) is 0 Å². The minimum Gasteiger partial charge on any atom is -0.454 e. The van der Waals surface area contributed by atoms with Crippen LogP contribution >= 0.6 is 11.8 Å². The van der Waals surface area contributed by atoms with E-state index in [0.717, 1.165) is 39.0 Å². The second-order valence-corrected chi connectivity index (χ2v) is 13.9. The average molecular weight is 647 g/mol. The Morgan fingerprint density at radius 1 is 0.612 bits per heavy atom. The lowest BCUT2D eigenvalue weighted by Gasteiger charge is -2.28. The molecule has 2 aromatic heterocycles. The van der Waals surface area contributed by atoms with Crippen LogP contribution in [0.4, 0.5) is 17.1 Å². The van der Waals surface area contributed by atoms with Crippen molar-refractivity contribution in [3.05, 3.63) is 176 Å². The van der Waals surface area contributed by atoms with Crippen molar-refractivity contribution in [2.75, 3.05) is 4.90 Å². The highest BCUT2D eigenvalue weighted by atomic mass is 32.2. The molecule has 0 saturated heterocycles. The first-order valence-electron chi connectivity index (χ1n) is 16.7. The standard InChI is InChI=1S/C45H30N2OS/c1-2-8-30(9-3-1)35-10-4-6-12-40(35)47(34-21-22-37-36-11-5-7-13-43(36)49-44(37)27-34)33-19-16-29(17-20-33)32-15-14-31-18-23-41-45(39(31)26-32)38-24-25-46-28-42(38)48-41/h1-28,36,43H. The number of benzene rings is 6. The number of allylic oxidation sites excluding steroid dienone is 3. The Bertz CT molecular complexity index is 2600. The summed E-state index contributed by atoms with van der Waals surface area (Å²) in [6, 6.07) is 48.4. The van der Waals surface area contributed by atoms with Crippen molar-refractivity contribution in [2.45, 2.75) is 16.1 Å².